The molecule has 1 amide bonds. The van der Waals surface area contributed by atoms with Crippen LogP contribution in [0.2, 0.25) is 0 Å². The summed E-state index contributed by atoms with van der Waals surface area (Å²) in [5, 5.41) is 16.4. The fourth-order valence-electron chi connectivity index (χ4n) is 2.35. The highest BCUT2D eigenvalue weighted by Crippen LogP contribution is 2.19. The van der Waals surface area contributed by atoms with Crippen LogP contribution in [0.15, 0.2) is 35.5 Å². The normalized spacial score (nSPS) is 18.0. The number of aliphatic hydroxyl groups excluding tert-OH is 1. The molecule has 0 saturated carbocycles. The molecule has 1 heterocycles. The zero-order valence-corrected chi connectivity index (χ0v) is 12.5. The lowest BCUT2D eigenvalue weighted by atomic mass is 9.93. The zero-order chi connectivity index (χ0) is 15.3. The van der Waals surface area contributed by atoms with Crippen molar-refractivity contribution in [1.82, 2.24) is 5.32 Å². The van der Waals surface area contributed by atoms with Gasteiger partial charge in [-0.1, -0.05) is 49.3 Å². The number of benzene rings is 1. The Labute approximate surface area is 125 Å². The Bertz CT molecular complexity index is 501. The van der Waals surface area contributed by atoms with E-state index < -0.39 is 11.6 Å². The molecule has 1 aromatic carbocycles. The van der Waals surface area contributed by atoms with Crippen molar-refractivity contribution in [2.24, 2.45) is 5.16 Å². The van der Waals surface area contributed by atoms with Crippen molar-refractivity contribution in [3.05, 3.63) is 35.9 Å². The van der Waals surface area contributed by atoms with Gasteiger partial charge in [-0.15, -0.1) is 0 Å². The third kappa shape index (κ3) is 3.42. The van der Waals surface area contributed by atoms with Gasteiger partial charge in [-0.25, -0.2) is 0 Å². The molecule has 0 radical (unpaired) electrons. The molecule has 0 fully saturated rings. The van der Waals surface area contributed by atoms with Gasteiger partial charge in [-0.3, -0.25) is 4.79 Å². The van der Waals surface area contributed by atoms with Gasteiger partial charge in [-0.05, 0) is 18.4 Å². The van der Waals surface area contributed by atoms with Crippen LogP contribution in [-0.4, -0.2) is 35.0 Å². The van der Waals surface area contributed by atoms with Gasteiger partial charge >= 0.3 is 0 Å². The molecule has 0 spiro atoms. The van der Waals surface area contributed by atoms with Crippen LogP contribution >= 0.6 is 0 Å². The number of carbonyl (C=O) groups excluding carboxylic acids is 1. The minimum absolute atomic E-state index is 0.0785. The monoisotopic (exact) mass is 290 g/mol. The van der Waals surface area contributed by atoms with Gasteiger partial charge in [0.1, 0.15) is 0 Å². The molecule has 1 unspecified atom stereocenters. The lowest BCUT2D eigenvalue weighted by Crippen LogP contribution is -2.53. The quantitative estimate of drug-likeness (QED) is 0.840. The molecule has 114 valence electrons. The number of amides is 1. The van der Waals surface area contributed by atoms with Gasteiger partial charge < -0.3 is 15.3 Å². The van der Waals surface area contributed by atoms with Crippen LogP contribution in [0.25, 0.3) is 0 Å². The molecule has 2 rings (SSSR count). The number of aliphatic hydroxyl groups is 1. The Kier molecular flexibility index (Phi) is 4.96. The summed E-state index contributed by atoms with van der Waals surface area (Å²) in [7, 11) is 0. The SMILES string of the molecule is CCC(CC)(CO)NC(=O)C1CC(c2ccccc2)=NO1. The summed E-state index contributed by atoms with van der Waals surface area (Å²) < 4.78 is 0. The van der Waals surface area contributed by atoms with Crippen molar-refractivity contribution in [2.75, 3.05) is 6.61 Å². The van der Waals surface area contributed by atoms with Crippen molar-refractivity contribution >= 4 is 11.6 Å². The van der Waals surface area contributed by atoms with Gasteiger partial charge in [0, 0.05) is 6.42 Å². The number of oxime groups is 1. The van der Waals surface area contributed by atoms with E-state index in [9.17, 15) is 9.90 Å². The molecule has 0 saturated heterocycles. The van der Waals surface area contributed by atoms with Crippen molar-refractivity contribution in [2.45, 2.75) is 44.8 Å². The fourth-order valence-corrected chi connectivity index (χ4v) is 2.35. The second-order valence-corrected chi connectivity index (χ2v) is 5.34. The lowest BCUT2D eigenvalue weighted by molar-refractivity contribution is -0.134. The molecule has 2 N–H and O–H groups in total. The fraction of sp³-hybridized carbons (Fsp3) is 0.500. The number of carbonyl (C=O) groups is 1. The Morgan fingerprint density at radius 1 is 1.38 bits per heavy atom. The molecule has 5 heteroatoms. The van der Waals surface area contributed by atoms with Crippen LogP contribution in [0.5, 0.6) is 0 Å². The first-order valence-corrected chi connectivity index (χ1v) is 7.35. The molecule has 1 aliphatic heterocycles. The minimum atomic E-state index is -0.621. The molecule has 5 nitrogen and oxygen atoms in total. The van der Waals surface area contributed by atoms with E-state index in [4.69, 9.17) is 4.84 Å². The van der Waals surface area contributed by atoms with Crippen LogP contribution in [0.4, 0.5) is 0 Å². The van der Waals surface area contributed by atoms with Crippen molar-refractivity contribution in [3.8, 4) is 0 Å². The summed E-state index contributed by atoms with van der Waals surface area (Å²) in [6.07, 6.45) is 1.17. The van der Waals surface area contributed by atoms with E-state index in [0.29, 0.717) is 19.3 Å². The highest BCUT2D eigenvalue weighted by Gasteiger charge is 2.34. The predicted octanol–water partition coefficient (Wildman–Crippen LogP) is 1.85. The van der Waals surface area contributed by atoms with E-state index in [2.05, 4.69) is 10.5 Å². The molecule has 1 atom stereocenters. The minimum Gasteiger partial charge on any atom is -0.394 e. The Balaban J connectivity index is 1.98. The van der Waals surface area contributed by atoms with Gasteiger partial charge in [0.15, 0.2) is 0 Å². The molecule has 0 aliphatic carbocycles. The largest absolute Gasteiger partial charge is 0.394 e. The topological polar surface area (TPSA) is 70.9 Å². The molecule has 1 aromatic rings. The average molecular weight is 290 g/mol. The number of hydrogen-bond donors (Lipinski definition) is 2. The first kappa shape index (κ1) is 15.5. The number of rotatable bonds is 6. The van der Waals surface area contributed by atoms with Crippen LogP contribution < -0.4 is 5.32 Å². The van der Waals surface area contributed by atoms with E-state index in [-0.39, 0.29) is 12.5 Å². The molecule has 0 bridgehead atoms. The predicted molar refractivity (Wildman–Crippen MR) is 81.0 cm³/mol. The van der Waals surface area contributed by atoms with Crippen LogP contribution in [-0.2, 0) is 9.63 Å². The van der Waals surface area contributed by atoms with E-state index in [1.54, 1.807) is 0 Å². The second kappa shape index (κ2) is 6.72. The molecule has 1 aliphatic rings. The highest BCUT2D eigenvalue weighted by molar-refractivity contribution is 6.04. The van der Waals surface area contributed by atoms with E-state index in [1.807, 2.05) is 44.2 Å². The third-order valence-corrected chi connectivity index (χ3v) is 4.11. The maximum atomic E-state index is 12.3. The van der Waals surface area contributed by atoms with E-state index in [1.165, 1.54) is 0 Å². The van der Waals surface area contributed by atoms with Gasteiger partial charge in [0.2, 0.25) is 6.10 Å². The molecular weight excluding hydrogens is 268 g/mol. The van der Waals surface area contributed by atoms with Crippen molar-refractivity contribution < 1.29 is 14.7 Å². The van der Waals surface area contributed by atoms with Crippen LogP contribution in [0, 0.1) is 0 Å². The Morgan fingerprint density at radius 2 is 2.05 bits per heavy atom. The average Bonchev–Trinajstić information content (AvgIpc) is 3.04. The van der Waals surface area contributed by atoms with Crippen LogP contribution in [0.1, 0.15) is 38.7 Å². The Morgan fingerprint density at radius 3 is 2.62 bits per heavy atom. The first-order chi connectivity index (χ1) is 10.1. The summed E-state index contributed by atoms with van der Waals surface area (Å²) >= 11 is 0. The lowest BCUT2D eigenvalue weighted by Gasteiger charge is -2.31. The summed E-state index contributed by atoms with van der Waals surface area (Å²) in [4.78, 5) is 17.5. The smallest absolute Gasteiger partial charge is 0.264 e. The number of nitrogens with one attached hydrogen (secondary N) is 1. The van der Waals surface area contributed by atoms with Crippen molar-refractivity contribution in [1.29, 1.82) is 0 Å². The van der Waals surface area contributed by atoms with Gasteiger partial charge in [0.05, 0.1) is 17.9 Å². The maximum absolute atomic E-state index is 12.3. The summed E-state index contributed by atoms with van der Waals surface area (Å²) in [6, 6.07) is 9.67. The Hall–Kier alpha value is -1.88. The maximum Gasteiger partial charge on any atom is 0.264 e. The first-order valence-electron chi connectivity index (χ1n) is 7.35. The number of nitrogens with zero attached hydrogens (tertiary/aromatic N) is 1. The summed E-state index contributed by atoms with van der Waals surface area (Å²) in [6.45, 7) is 3.81. The molecule has 21 heavy (non-hydrogen) atoms. The van der Waals surface area contributed by atoms with Crippen molar-refractivity contribution in [3.63, 3.8) is 0 Å². The van der Waals surface area contributed by atoms with Gasteiger partial charge in [-0.2, -0.15) is 0 Å². The van der Waals surface area contributed by atoms with E-state index >= 15 is 0 Å². The summed E-state index contributed by atoms with van der Waals surface area (Å²) in [5.74, 6) is -0.220. The standard InChI is InChI=1S/C16H22N2O3/c1-3-16(4-2,11-19)17-15(20)14-10-13(18-21-14)12-8-6-5-7-9-12/h5-9,14,19H,3-4,10-11H2,1-2H3,(H,17,20). The molecular formula is C16H22N2O3. The third-order valence-electron chi connectivity index (χ3n) is 4.11. The zero-order valence-electron chi connectivity index (χ0n) is 12.5. The van der Waals surface area contributed by atoms with E-state index in [0.717, 1.165) is 11.3 Å². The van der Waals surface area contributed by atoms with Gasteiger partial charge in [0.25, 0.3) is 5.91 Å². The van der Waals surface area contributed by atoms with Crippen LogP contribution in [0.3, 0.4) is 0 Å². The highest BCUT2D eigenvalue weighted by atomic mass is 16.6. The molecule has 0 aromatic heterocycles. The summed E-state index contributed by atoms with van der Waals surface area (Å²) in [5.41, 5.74) is 1.17. The number of hydrogen-bond acceptors (Lipinski definition) is 4. The second-order valence-electron chi connectivity index (χ2n) is 5.34.